The molecule has 2 aliphatic rings. The molecule has 0 radical (unpaired) electrons. The molecular weight excluding hydrogens is 234 g/mol. The van der Waals surface area contributed by atoms with E-state index >= 15 is 0 Å². The normalized spacial score (nSPS) is 28.6. The van der Waals surface area contributed by atoms with E-state index < -0.39 is 12.1 Å². The Balaban J connectivity index is 2.30. The summed E-state index contributed by atoms with van der Waals surface area (Å²) in [5.41, 5.74) is -0.0652. The van der Waals surface area contributed by atoms with Crippen LogP contribution in [-0.2, 0) is 19.1 Å². The van der Waals surface area contributed by atoms with Gasteiger partial charge in [0, 0.05) is 7.11 Å². The van der Waals surface area contributed by atoms with E-state index in [4.69, 9.17) is 4.74 Å². The summed E-state index contributed by atoms with van der Waals surface area (Å²) in [4.78, 5) is 24.3. The Morgan fingerprint density at radius 2 is 2.25 bits per heavy atom. The van der Waals surface area contributed by atoms with Crippen LogP contribution in [0.5, 0.6) is 0 Å². The lowest BCUT2D eigenvalue weighted by Gasteiger charge is -2.47. The Bertz CT molecular complexity index is 380. The topological polar surface area (TPSA) is 76.1 Å². The Kier molecular flexibility index (Phi) is 2.81. The third-order valence-corrected chi connectivity index (χ3v) is 3.77. The van der Waals surface area contributed by atoms with Crippen molar-refractivity contribution in [2.45, 2.75) is 11.5 Å². The molecule has 0 aromatic carbocycles. The molecule has 88 valence electrons. The van der Waals surface area contributed by atoms with Crippen LogP contribution in [0.4, 0.5) is 0 Å². The number of carbonyl (C=O) groups excluding carboxylic acids is 2. The van der Waals surface area contributed by atoms with Crippen molar-refractivity contribution in [2.24, 2.45) is 0 Å². The van der Waals surface area contributed by atoms with Crippen LogP contribution in [-0.4, -0.2) is 53.3 Å². The standard InChI is InChI=1S/C9H11NO5S/c1-14-6-7(12)10-5(9(13)15-2)4(11)3-16-8(6)10/h6,8,11H,3H2,1-2H3. The third-order valence-electron chi connectivity index (χ3n) is 2.53. The zero-order chi connectivity index (χ0) is 11.9. The van der Waals surface area contributed by atoms with Crippen molar-refractivity contribution < 1.29 is 24.2 Å². The lowest BCUT2D eigenvalue weighted by Crippen LogP contribution is -2.65. The summed E-state index contributed by atoms with van der Waals surface area (Å²) in [6.45, 7) is 0. The molecule has 0 aromatic heterocycles. The number of amides is 1. The Hall–Kier alpha value is -1.21. The van der Waals surface area contributed by atoms with Crippen LogP contribution in [0.25, 0.3) is 0 Å². The van der Waals surface area contributed by atoms with Crippen molar-refractivity contribution >= 4 is 23.6 Å². The van der Waals surface area contributed by atoms with Gasteiger partial charge in [0.05, 0.1) is 12.9 Å². The van der Waals surface area contributed by atoms with Crippen LogP contribution in [0.15, 0.2) is 11.5 Å². The molecule has 2 atom stereocenters. The second-order valence-electron chi connectivity index (χ2n) is 3.35. The van der Waals surface area contributed by atoms with E-state index in [0.717, 1.165) is 0 Å². The van der Waals surface area contributed by atoms with Crippen LogP contribution >= 0.6 is 11.8 Å². The number of aliphatic hydroxyl groups is 1. The van der Waals surface area contributed by atoms with E-state index in [1.165, 1.54) is 30.9 Å². The number of methoxy groups -OCH3 is 2. The maximum atomic E-state index is 11.6. The number of rotatable bonds is 2. The van der Waals surface area contributed by atoms with Crippen molar-refractivity contribution in [2.75, 3.05) is 20.0 Å². The van der Waals surface area contributed by atoms with Crippen LogP contribution < -0.4 is 0 Å². The average molecular weight is 245 g/mol. The minimum absolute atomic E-state index is 0.0652. The first-order valence-corrected chi connectivity index (χ1v) is 5.64. The number of hydrogen-bond acceptors (Lipinski definition) is 6. The van der Waals surface area contributed by atoms with Gasteiger partial charge in [-0.15, -0.1) is 11.8 Å². The molecule has 16 heavy (non-hydrogen) atoms. The van der Waals surface area contributed by atoms with Gasteiger partial charge in [0.25, 0.3) is 5.91 Å². The summed E-state index contributed by atoms with van der Waals surface area (Å²) in [7, 11) is 2.65. The number of esters is 1. The minimum atomic E-state index is -0.703. The first-order valence-electron chi connectivity index (χ1n) is 4.59. The second-order valence-corrected chi connectivity index (χ2v) is 4.46. The minimum Gasteiger partial charge on any atom is -0.509 e. The van der Waals surface area contributed by atoms with E-state index in [-0.39, 0.29) is 28.5 Å². The van der Waals surface area contributed by atoms with Gasteiger partial charge >= 0.3 is 5.97 Å². The predicted octanol–water partition coefficient (Wildman–Crippen LogP) is -0.141. The predicted molar refractivity (Wildman–Crippen MR) is 55.6 cm³/mol. The molecule has 1 amide bonds. The van der Waals surface area contributed by atoms with Gasteiger partial charge < -0.3 is 14.6 Å². The highest BCUT2D eigenvalue weighted by Gasteiger charge is 2.54. The zero-order valence-corrected chi connectivity index (χ0v) is 9.61. The van der Waals surface area contributed by atoms with E-state index in [1.54, 1.807) is 0 Å². The number of fused-ring (bicyclic) bond motifs is 1. The summed E-state index contributed by atoms with van der Waals surface area (Å²) in [6, 6.07) is 0. The second kappa shape index (κ2) is 3.99. The third kappa shape index (κ3) is 1.39. The molecule has 2 aliphatic heterocycles. The largest absolute Gasteiger partial charge is 0.509 e. The molecule has 1 N–H and O–H groups in total. The number of thioether (sulfide) groups is 1. The molecule has 0 aromatic rings. The summed E-state index contributed by atoms with van der Waals surface area (Å²) in [5.74, 6) is -0.882. The molecule has 2 unspecified atom stereocenters. The van der Waals surface area contributed by atoms with Gasteiger partial charge in [-0.25, -0.2) is 4.79 Å². The van der Waals surface area contributed by atoms with Gasteiger partial charge in [0.15, 0.2) is 11.8 Å². The zero-order valence-electron chi connectivity index (χ0n) is 8.80. The molecule has 0 saturated carbocycles. The molecule has 0 bridgehead atoms. The van der Waals surface area contributed by atoms with E-state index in [0.29, 0.717) is 0 Å². The van der Waals surface area contributed by atoms with Crippen LogP contribution in [0.3, 0.4) is 0 Å². The lowest BCUT2D eigenvalue weighted by atomic mass is 10.1. The number of β-lactam (4-membered cyclic amide) rings is 1. The first-order chi connectivity index (χ1) is 7.61. The highest BCUT2D eigenvalue weighted by Crippen LogP contribution is 2.40. The maximum Gasteiger partial charge on any atom is 0.358 e. The monoisotopic (exact) mass is 245 g/mol. The number of nitrogens with zero attached hydrogens (tertiary/aromatic N) is 1. The fraction of sp³-hybridized carbons (Fsp3) is 0.556. The summed E-state index contributed by atoms with van der Waals surface area (Å²) in [5, 5.41) is 9.34. The Morgan fingerprint density at radius 3 is 2.81 bits per heavy atom. The van der Waals surface area contributed by atoms with Gasteiger partial charge in [-0.05, 0) is 0 Å². The first kappa shape index (κ1) is 11.3. The van der Waals surface area contributed by atoms with Crippen molar-refractivity contribution in [1.82, 2.24) is 4.90 Å². The van der Waals surface area contributed by atoms with E-state index in [9.17, 15) is 14.7 Å². The fourth-order valence-corrected chi connectivity index (χ4v) is 2.96. The van der Waals surface area contributed by atoms with Crippen molar-refractivity contribution in [3.63, 3.8) is 0 Å². The highest BCUT2D eigenvalue weighted by atomic mass is 32.2. The molecule has 0 aliphatic carbocycles. The summed E-state index contributed by atoms with van der Waals surface area (Å²) < 4.78 is 9.53. The molecule has 1 fully saturated rings. The van der Waals surface area contributed by atoms with Gasteiger partial charge in [0.2, 0.25) is 0 Å². The van der Waals surface area contributed by atoms with Crippen molar-refractivity contribution in [3.8, 4) is 0 Å². The maximum absolute atomic E-state index is 11.6. The van der Waals surface area contributed by atoms with Gasteiger partial charge in [-0.3, -0.25) is 9.69 Å². The number of hydrogen-bond donors (Lipinski definition) is 1. The smallest absolute Gasteiger partial charge is 0.358 e. The van der Waals surface area contributed by atoms with Gasteiger partial charge in [0.1, 0.15) is 11.1 Å². The van der Waals surface area contributed by atoms with Crippen LogP contribution in [0.2, 0.25) is 0 Å². The molecular formula is C9H11NO5S. The number of carbonyl (C=O) groups is 2. The molecule has 1 saturated heterocycles. The van der Waals surface area contributed by atoms with Crippen LogP contribution in [0, 0.1) is 0 Å². The number of ether oxygens (including phenoxy) is 2. The van der Waals surface area contributed by atoms with Gasteiger partial charge in [-0.1, -0.05) is 0 Å². The van der Waals surface area contributed by atoms with Crippen LogP contribution in [0.1, 0.15) is 0 Å². The molecule has 2 heterocycles. The molecule has 6 nitrogen and oxygen atoms in total. The Morgan fingerprint density at radius 1 is 1.56 bits per heavy atom. The molecule has 2 rings (SSSR count). The summed E-state index contributed by atoms with van der Waals surface area (Å²) >= 11 is 1.35. The SMILES string of the molecule is COC(=O)C1=C(O)CSC2C(OC)C(=O)N12. The Labute approximate surface area is 96.2 Å². The average Bonchev–Trinajstić information content (AvgIpc) is 2.29. The summed E-state index contributed by atoms with van der Waals surface area (Å²) in [6.07, 6.45) is -0.544. The quantitative estimate of drug-likeness (QED) is 0.539. The number of aliphatic hydroxyl groups excluding tert-OH is 1. The highest BCUT2D eigenvalue weighted by molar-refractivity contribution is 8.00. The fourth-order valence-electron chi connectivity index (χ4n) is 1.74. The van der Waals surface area contributed by atoms with E-state index in [1.807, 2.05) is 0 Å². The molecule has 0 spiro atoms. The van der Waals surface area contributed by atoms with E-state index in [2.05, 4.69) is 4.74 Å². The molecule has 7 heteroatoms. The van der Waals surface area contributed by atoms with Crippen molar-refractivity contribution in [1.29, 1.82) is 0 Å². The van der Waals surface area contributed by atoms with Crippen molar-refractivity contribution in [3.05, 3.63) is 11.5 Å². The van der Waals surface area contributed by atoms with Gasteiger partial charge in [-0.2, -0.15) is 0 Å². The lowest BCUT2D eigenvalue weighted by molar-refractivity contribution is -0.163.